The molecule has 0 saturated carbocycles. The van der Waals surface area contributed by atoms with E-state index in [4.69, 9.17) is 0 Å². The third-order valence-electron chi connectivity index (χ3n) is 4.31. The average Bonchev–Trinajstić information content (AvgIpc) is 2.74. The van der Waals surface area contributed by atoms with Gasteiger partial charge >= 0.3 is 0 Å². The van der Waals surface area contributed by atoms with Gasteiger partial charge in [-0.05, 0) is 11.1 Å². The zero-order valence-electron chi connectivity index (χ0n) is 14.6. The fourth-order valence-electron chi connectivity index (χ4n) is 2.73. The predicted octanol–water partition coefficient (Wildman–Crippen LogP) is 3.35. The molecule has 5 nitrogen and oxygen atoms in total. The van der Waals surface area contributed by atoms with Gasteiger partial charge in [-0.1, -0.05) is 72.8 Å². The third kappa shape index (κ3) is 3.59. The standard InChI is InChI=1S/C17H10O5.C6H4/c18-9-15(20)11-5-1-3-7-13(11)17(22)14-8-4-2-6-12(14)16(21)10-19;1-2-6-4-3-5(1)6/h1-10H;1-4H. The average molecular weight is 370 g/mol. The van der Waals surface area contributed by atoms with Crippen LogP contribution in [0.25, 0.3) is 11.1 Å². The molecule has 4 rings (SSSR count). The van der Waals surface area contributed by atoms with Gasteiger partial charge in [0.2, 0.25) is 11.6 Å². The van der Waals surface area contributed by atoms with Crippen LogP contribution in [0.15, 0.2) is 72.8 Å². The van der Waals surface area contributed by atoms with Crippen LogP contribution >= 0.6 is 0 Å². The fraction of sp³-hybridized carbons (Fsp3) is 0. The Morgan fingerprint density at radius 3 is 1.07 bits per heavy atom. The minimum absolute atomic E-state index is 0.00532. The Morgan fingerprint density at radius 1 is 0.500 bits per heavy atom. The minimum atomic E-state index is -0.830. The highest BCUT2D eigenvalue weighted by Gasteiger charge is 2.21. The van der Waals surface area contributed by atoms with Crippen LogP contribution in [0.3, 0.4) is 0 Å². The van der Waals surface area contributed by atoms with Gasteiger partial charge in [-0.2, -0.15) is 0 Å². The molecular weight excluding hydrogens is 356 g/mol. The summed E-state index contributed by atoms with van der Waals surface area (Å²) in [6.45, 7) is 0. The van der Waals surface area contributed by atoms with Gasteiger partial charge in [0.05, 0.1) is 0 Å². The largest absolute Gasteiger partial charge is 0.294 e. The van der Waals surface area contributed by atoms with Crippen LogP contribution in [0.1, 0.15) is 36.6 Å². The van der Waals surface area contributed by atoms with Crippen molar-refractivity contribution in [2.45, 2.75) is 0 Å². The van der Waals surface area contributed by atoms with Crippen molar-refractivity contribution in [2.75, 3.05) is 0 Å². The number of hydrogen-bond acceptors (Lipinski definition) is 5. The summed E-state index contributed by atoms with van der Waals surface area (Å²) in [6, 6.07) is 20.1. The van der Waals surface area contributed by atoms with E-state index in [0.29, 0.717) is 0 Å². The zero-order valence-corrected chi connectivity index (χ0v) is 14.6. The molecule has 0 radical (unpaired) electrons. The lowest BCUT2D eigenvalue weighted by atomic mass is 9.92. The monoisotopic (exact) mass is 370 g/mol. The first-order valence-electron chi connectivity index (χ1n) is 8.39. The van der Waals surface area contributed by atoms with Crippen LogP contribution in [0.2, 0.25) is 0 Å². The van der Waals surface area contributed by atoms with Gasteiger partial charge < -0.3 is 0 Å². The molecule has 2 aromatic rings. The summed E-state index contributed by atoms with van der Waals surface area (Å²) in [5, 5.41) is 0. The van der Waals surface area contributed by atoms with Gasteiger partial charge in [0.15, 0.2) is 18.4 Å². The normalized spacial score (nSPS) is 10.1. The van der Waals surface area contributed by atoms with Gasteiger partial charge in [-0.3, -0.25) is 24.0 Å². The molecule has 0 atom stereocenters. The third-order valence-corrected chi connectivity index (χ3v) is 4.31. The van der Waals surface area contributed by atoms with Gasteiger partial charge in [0.25, 0.3) is 0 Å². The highest BCUT2D eigenvalue weighted by Crippen LogP contribution is 2.29. The van der Waals surface area contributed by atoms with Crippen molar-refractivity contribution >= 4 is 29.9 Å². The Labute approximate surface area is 160 Å². The molecule has 0 amide bonds. The van der Waals surface area contributed by atoms with Crippen molar-refractivity contribution in [3.8, 4) is 11.1 Å². The van der Waals surface area contributed by atoms with Crippen LogP contribution in [0.5, 0.6) is 0 Å². The SMILES string of the molecule is O=CC(=O)c1ccccc1C(=O)c1ccccc1C(=O)C=O.c1cc2ccc1-2. The molecule has 0 saturated heterocycles. The molecule has 0 fully saturated rings. The molecule has 5 heteroatoms. The summed E-state index contributed by atoms with van der Waals surface area (Å²) in [6.07, 6.45) is 0.239. The Balaban J connectivity index is 0.000000311. The topological polar surface area (TPSA) is 85.3 Å². The molecule has 2 aliphatic carbocycles. The molecule has 0 aromatic heterocycles. The van der Waals surface area contributed by atoms with E-state index in [1.807, 2.05) is 0 Å². The summed E-state index contributed by atoms with van der Waals surface area (Å²) in [5.74, 6) is -2.26. The molecule has 0 spiro atoms. The number of hydrogen-bond donors (Lipinski definition) is 0. The van der Waals surface area contributed by atoms with E-state index >= 15 is 0 Å². The number of aldehydes is 2. The smallest absolute Gasteiger partial charge is 0.226 e. The van der Waals surface area contributed by atoms with Crippen molar-refractivity contribution in [1.29, 1.82) is 0 Å². The lowest BCUT2D eigenvalue weighted by Crippen LogP contribution is -2.14. The summed E-state index contributed by atoms with van der Waals surface area (Å²) in [5.41, 5.74) is 2.77. The summed E-state index contributed by atoms with van der Waals surface area (Å²) in [7, 11) is 0. The molecule has 0 N–H and O–H groups in total. The van der Waals surface area contributed by atoms with Gasteiger partial charge in [-0.15, -0.1) is 0 Å². The second-order valence-electron chi connectivity index (χ2n) is 5.96. The highest BCUT2D eigenvalue weighted by atomic mass is 16.2. The maximum atomic E-state index is 12.6. The maximum Gasteiger partial charge on any atom is 0.226 e. The molecule has 0 bridgehead atoms. The van der Waals surface area contributed by atoms with Crippen LogP contribution in [0.4, 0.5) is 0 Å². The maximum absolute atomic E-state index is 12.6. The van der Waals surface area contributed by atoms with E-state index in [9.17, 15) is 24.0 Å². The van der Waals surface area contributed by atoms with Crippen molar-refractivity contribution in [3.05, 3.63) is 95.1 Å². The van der Waals surface area contributed by atoms with Crippen molar-refractivity contribution in [1.82, 2.24) is 0 Å². The Hall–Kier alpha value is -3.99. The molecule has 0 unspecified atom stereocenters. The molecule has 2 aliphatic rings. The number of carbonyl (C=O) groups excluding carboxylic acids is 5. The molecule has 0 aliphatic heterocycles. The van der Waals surface area contributed by atoms with E-state index in [-0.39, 0.29) is 34.8 Å². The van der Waals surface area contributed by atoms with E-state index in [1.54, 1.807) is 12.1 Å². The molecule has 2 aromatic carbocycles. The summed E-state index contributed by atoms with van der Waals surface area (Å²) in [4.78, 5) is 57.1. The number of carbonyl (C=O) groups is 5. The highest BCUT2D eigenvalue weighted by molar-refractivity contribution is 6.38. The van der Waals surface area contributed by atoms with Crippen LogP contribution in [0, 0.1) is 0 Å². The van der Waals surface area contributed by atoms with Gasteiger partial charge in [0, 0.05) is 22.3 Å². The van der Waals surface area contributed by atoms with Crippen LogP contribution < -0.4 is 0 Å². The second-order valence-corrected chi connectivity index (χ2v) is 5.96. The quantitative estimate of drug-likeness (QED) is 0.295. The minimum Gasteiger partial charge on any atom is -0.294 e. The number of benzene rings is 3. The van der Waals surface area contributed by atoms with Crippen LogP contribution in [-0.4, -0.2) is 29.9 Å². The van der Waals surface area contributed by atoms with Gasteiger partial charge in [0.1, 0.15) is 0 Å². The van der Waals surface area contributed by atoms with Gasteiger partial charge in [-0.25, -0.2) is 0 Å². The van der Waals surface area contributed by atoms with Crippen molar-refractivity contribution in [2.24, 2.45) is 0 Å². The van der Waals surface area contributed by atoms with Crippen molar-refractivity contribution in [3.63, 3.8) is 0 Å². The first-order valence-corrected chi connectivity index (χ1v) is 8.39. The van der Waals surface area contributed by atoms with E-state index in [2.05, 4.69) is 24.3 Å². The molecule has 28 heavy (non-hydrogen) atoms. The van der Waals surface area contributed by atoms with Crippen molar-refractivity contribution < 1.29 is 24.0 Å². The van der Waals surface area contributed by atoms with Crippen LogP contribution in [-0.2, 0) is 9.59 Å². The molecule has 0 heterocycles. The predicted molar refractivity (Wildman–Crippen MR) is 103 cm³/mol. The number of ketones is 3. The number of fused-ring (bicyclic) bond motifs is 1. The zero-order chi connectivity index (χ0) is 20.1. The lowest BCUT2D eigenvalue weighted by Gasteiger charge is -2.10. The summed E-state index contributed by atoms with van der Waals surface area (Å²) >= 11 is 0. The Kier molecular flexibility index (Phi) is 5.46. The first kappa shape index (κ1) is 18.8. The molecule has 136 valence electrons. The Morgan fingerprint density at radius 2 is 0.821 bits per heavy atom. The fourth-order valence-corrected chi connectivity index (χ4v) is 2.73. The lowest BCUT2D eigenvalue weighted by molar-refractivity contribution is -0.105. The van der Waals surface area contributed by atoms with E-state index in [1.165, 1.54) is 47.5 Å². The number of Topliss-reactive ketones (excluding diaryl/α,β-unsaturated/α-hetero) is 2. The number of rotatable bonds is 6. The van der Waals surface area contributed by atoms with E-state index in [0.717, 1.165) is 0 Å². The summed E-state index contributed by atoms with van der Waals surface area (Å²) < 4.78 is 0. The first-order chi connectivity index (χ1) is 13.6. The second kappa shape index (κ2) is 8.14. The molecular formula is C23H14O5. The van der Waals surface area contributed by atoms with E-state index < -0.39 is 17.3 Å². The Bertz CT molecular complexity index is 1010.